The highest BCUT2D eigenvalue weighted by molar-refractivity contribution is 5.86. The first-order valence-corrected chi connectivity index (χ1v) is 10.6. The van der Waals surface area contributed by atoms with Crippen LogP contribution in [0.4, 0.5) is 0 Å². The Morgan fingerprint density at radius 2 is 1.97 bits per heavy atom. The molecule has 3 N–H and O–H groups in total. The first kappa shape index (κ1) is 18.9. The van der Waals surface area contributed by atoms with Crippen LogP contribution in [0, 0.1) is 5.92 Å². The van der Waals surface area contributed by atoms with Crippen molar-refractivity contribution in [1.82, 2.24) is 14.9 Å². The Hall–Kier alpha value is -3.12. The number of nitrogens with one attached hydrogen (secondary N) is 2. The number of aryl methyl sites for hydroxylation is 1. The van der Waals surface area contributed by atoms with Crippen LogP contribution < -0.4 is 5.56 Å². The van der Waals surface area contributed by atoms with E-state index in [1.807, 2.05) is 18.2 Å². The summed E-state index contributed by atoms with van der Waals surface area (Å²) in [5.41, 5.74) is 5.74. The monoisotopic (exact) mass is 403 g/mol. The number of aliphatic carboxylic acids is 1. The maximum atomic E-state index is 12.6. The molecule has 6 nitrogen and oxygen atoms in total. The molecule has 2 aromatic heterocycles. The minimum Gasteiger partial charge on any atom is -0.481 e. The van der Waals surface area contributed by atoms with Gasteiger partial charge < -0.3 is 15.1 Å². The van der Waals surface area contributed by atoms with E-state index >= 15 is 0 Å². The number of pyridine rings is 1. The summed E-state index contributed by atoms with van der Waals surface area (Å²) in [5, 5.41) is 10.2. The molecule has 30 heavy (non-hydrogen) atoms. The van der Waals surface area contributed by atoms with Crippen molar-refractivity contribution in [1.29, 1.82) is 0 Å². The lowest BCUT2D eigenvalue weighted by Gasteiger charge is -2.30. The minimum atomic E-state index is -0.677. The zero-order valence-electron chi connectivity index (χ0n) is 16.8. The standard InChI is InChI=1S/C24H25N3O3/c28-23-19(12-17-3-1-2-4-20(17)26-23)22-13-18-11-15(5-6-21(18)25-22)14-27-9-7-16(8-10-27)24(29)30/h2,4-6,11-13,16,25H,1,3,7-10,14H2,(H,26,28)(H,29,30). The molecule has 3 heterocycles. The van der Waals surface area contributed by atoms with Gasteiger partial charge >= 0.3 is 5.97 Å². The zero-order valence-corrected chi connectivity index (χ0v) is 16.8. The normalized spacial score (nSPS) is 17.3. The molecule has 2 aliphatic rings. The summed E-state index contributed by atoms with van der Waals surface area (Å²) >= 11 is 0. The summed E-state index contributed by atoms with van der Waals surface area (Å²) < 4.78 is 0. The number of likely N-dealkylation sites (tertiary alicyclic amines) is 1. The van der Waals surface area contributed by atoms with E-state index < -0.39 is 5.97 Å². The van der Waals surface area contributed by atoms with Crippen molar-refractivity contribution < 1.29 is 9.90 Å². The van der Waals surface area contributed by atoms with Crippen molar-refractivity contribution in [2.45, 2.75) is 32.2 Å². The van der Waals surface area contributed by atoms with Crippen LogP contribution in [0.25, 0.3) is 28.2 Å². The van der Waals surface area contributed by atoms with Crippen LogP contribution in [0.15, 0.2) is 41.2 Å². The van der Waals surface area contributed by atoms with Gasteiger partial charge in [0.15, 0.2) is 0 Å². The van der Waals surface area contributed by atoms with Gasteiger partial charge in [0.2, 0.25) is 0 Å². The number of piperidine rings is 1. The third-order valence-corrected chi connectivity index (χ3v) is 6.34. The van der Waals surface area contributed by atoms with E-state index in [1.165, 1.54) is 11.1 Å². The highest BCUT2D eigenvalue weighted by Crippen LogP contribution is 2.27. The van der Waals surface area contributed by atoms with Crippen LogP contribution in [0.2, 0.25) is 0 Å². The number of aromatic amines is 2. The van der Waals surface area contributed by atoms with Gasteiger partial charge in [-0.05, 0) is 80.2 Å². The quantitative estimate of drug-likeness (QED) is 0.618. The molecule has 0 bridgehead atoms. The average molecular weight is 403 g/mol. The Morgan fingerprint density at radius 1 is 1.13 bits per heavy atom. The van der Waals surface area contributed by atoms with Crippen molar-refractivity contribution in [2.24, 2.45) is 5.92 Å². The Labute approximate surface area is 174 Å². The van der Waals surface area contributed by atoms with Crippen LogP contribution >= 0.6 is 0 Å². The molecule has 1 aliphatic carbocycles. The number of aromatic nitrogens is 2. The molecule has 1 fully saturated rings. The summed E-state index contributed by atoms with van der Waals surface area (Å²) in [4.78, 5) is 32.5. The van der Waals surface area contributed by atoms with Crippen molar-refractivity contribution in [3.8, 4) is 11.3 Å². The van der Waals surface area contributed by atoms with Crippen molar-refractivity contribution in [2.75, 3.05) is 13.1 Å². The lowest BCUT2D eigenvalue weighted by atomic mass is 9.97. The number of fused-ring (bicyclic) bond motifs is 2. The van der Waals surface area contributed by atoms with Gasteiger partial charge in [0, 0.05) is 23.1 Å². The molecule has 0 unspecified atom stereocenters. The minimum absolute atomic E-state index is 0.0756. The Bertz CT molecular complexity index is 1200. The molecule has 0 atom stereocenters. The lowest BCUT2D eigenvalue weighted by Crippen LogP contribution is -2.35. The van der Waals surface area contributed by atoms with E-state index in [0.29, 0.717) is 18.4 Å². The molecule has 154 valence electrons. The predicted octanol–water partition coefficient (Wildman–Crippen LogP) is 3.78. The number of rotatable bonds is 4. The molecule has 3 aromatic rings. The zero-order chi connectivity index (χ0) is 20.7. The fourth-order valence-corrected chi connectivity index (χ4v) is 4.60. The molecule has 0 radical (unpaired) electrons. The van der Waals surface area contributed by atoms with Gasteiger partial charge in [0.1, 0.15) is 0 Å². The third kappa shape index (κ3) is 3.59. The average Bonchev–Trinajstić information content (AvgIpc) is 3.16. The molecule has 6 heteroatoms. The maximum absolute atomic E-state index is 12.6. The molecule has 0 amide bonds. The van der Waals surface area contributed by atoms with Gasteiger partial charge in [0.25, 0.3) is 5.56 Å². The number of nitrogens with zero attached hydrogens (tertiary/aromatic N) is 1. The van der Waals surface area contributed by atoms with E-state index in [4.69, 9.17) is 5.11 Å². The van der Waals surface area contributed by atoms with Crippen LogP contribution in [0.1, 0.15) is 36.1 Å². The SMILES string of the molecule is O=C(O)C1CCN(Cc2ccc3[nH]c(-c4cc5c([nH]c4=O)C=CCC5)cc3c2)CC1. The highest BCUT2D eigenvalue weighted by Gasteiger charge is 2.24. The lowest BCUT2D eigenvalue weighted by molar-refractivity contribution is -0.143. The number of carboxylic acids is 1. The van der Waals surface area contributed by atoms with Crippen LogP contribution in [-0.2, 0) is 17.8 Å². The van der Waals surface area contributed by atoms with E-state index in [2.05, 4.69) is 39.1 Å². The molecule has 5 rings (SSSR count). The topological polar surface area (TPSA) is 89.2 Å². The Kier molecular flexibility index (Phi) is 4.79. The third-order valence-electron chi connectivity index (χ3n) is 6.34. The van der Waals surface area contributed by atoms with Gasteiger partial charge in [-0.1, -0.05) is 12.1 Å². The molecule has 0 spiro atoms. The number of hydrogen-bond acceptors (Lipinski definition) is 3. The van der Waals surface area contributed by atoms with Gasteiger partial charge in [-0.2, -0.15) is 0 Å². The molecule has 1 aliphatic heterocycles. The summed E-state index contributed by atoms with van der Waals surface area (Å²) in [7, 11) is 0. The van der Waals surface area contributed by atoms with E-state index in [0.717, 1.165) is 54.8 Å². The first-order valence-electron chi connectivity index (χ1n) is 10.6. The summed E-state index contributed by atoms with van der Waals surface area (Å²) in [5.74, 6) is -0.884. The second-order valence-corrected chi connectivity index (χ2v) is 8.39. The number of carboxylic acid groups (broad SMARTS) is 1. The summed E-state index contributed by atoms with van der Waals surface area (Å²) in [6.45, 7) is 2.44. The van der Waals surface area contributed by atoms with E-state index in [1.54, 1.807) is 0 Å². The molecule has 0 saturated carbocycles. The van der Waals surface area contributed by atoms with Gasteiger partial charge in [-0.25, -0.2) is 0 Å². The first-order chi connectivity index (χ1) is 14.6. The Balaban J connectivity index is 1.38. The van der Waals surface area contributed by atoms with Gasteiger partial charge in [-0.3, -0.25) is 14.5 Å². The van der Waals surface area contributed by atoms with Gasteiger partial charge in [-0.15, -0.1) is 0 Å². The smallest absolute Gasteiger partial charge is 0.306 e. The molecular formula is C24H25N3O3. The van der Waals surface area contributed by atoms with E-state index in [9.17, 15) is 9.59 Å². The van der Waals surface area contributed by atoms with Crippen molar-refractivity contribution >= 4 is 22.9 Å². The Morgan fingerprint density at radius 3 is 2.77 bits per heavy atom. The fourth-order valence-electron chi connectivity index (χ4n) is 4.60. The molecule has 1 aromatic carbocycles. The van der Waals surface area contributed by atoms with Crippen LogP contribution in [0.3, 0.4) is 0 Å². The van der Waals surface area contributed by atoms with Crippen LogP contribution in [0.5, 0.6) is 0 Å². The summed E-state index contributed by atoms with van der Waals surface area (Å²) in [6.07, 6.45) is 7.44. The summed E-state index contributed by atoms with van der Waals surface area (Å²) in [6, 6.07) is 10.4. The maximum Gasteiger partial charge on any atom is 0.306 e. The highest BCUT2D eigenvalue weighted by atomic mass is 16.4. The number of allylic oxidation sites excluding steroid dienone is 1. The second-order valence-electron chi connectivity index (χ2n) is 8.39. The molecular weight excluding hydrogens is 378 g/mol. The number of hydrogen-bond donors (Lipinski definition) is 3. The largest absolute Gasteiger partial charge is 0.481 e. The second kappa shape index (κ2) is 7.61. The number of carbonyl (C=O) groups is 1. The molecule has 1 saturated heterocycles. The fraction of sp³-hybridized carbons (Fsp3) is 0.333. The van der Waals surface area contributed by atoms with Crippen molar-refractivity contribution in [3.63, 3.8) is 0 Å². The van der Waals surface area contributed by atoms with Crippen LogP contribution in [-0.4, -0.2) is 39.0 Å². The van der Waals surface area contributed by atoms with Crippen molar-refractivity contribution in [3.05, 3.63) is 63.6 Å². The predicted molar refractivity (Wildman–Crippen MR) is 117 cm³/mol. The van der Waals surface area contributed by atoms with E-state index in [-0.39, 0.29) is 11.5 Å². The number of benzene rings is 1. The number of H-pyrrole nitrogens is 2. The van der Waals surface area contributed by atoms with Gasteiger partial charge in [0.05, 0.1) is 17.2 Å².